The highest BCUT2D eigenvalue weighted by Gasteiger charge is 2.56. The lowest BCUT2D eigenvalue weighted by atomic mass is 10.1. The second-order valence-electron chi connectivity index (χ2n) is 19.5. The fraction of sp³-hybridized carbons (Fsp3) is 0.333. The summed E-state index contributed by atoms with van der Waals surface area (Å²) < 4.78 is 23.5. The molecule has 368 valence electrons. The number of amides is 8. The van der Waals surface area contributed by atoms with E-state index in [0.29, 0.717) is 19.5 Å². The van der Waals surface area contributed by atoms with E-state index in [1.807, 2.05) is 0 Å². The minimum absolute atomic E-state index is 0.0208. The summed E-state index contributed by atoms with van der Waals surface area (Å²) in [5.74, 6) is -2.96. The van der Waals surface area contributed by atoms with Crippen molar-refractivity contribution in [2.45, 2.75) is 105 Å². The van der Waals surface area contributed by atoms with Gasteiger partial charge in [0.05, 0.1) is 72.2 Å². The van der Waals surface area contributed by atoms with E-state index >= 15 is 0 Å². The topological polar surface area (TPSA) is 186 Å². The van der Waals surface area contributed by atoms with Crippen LogP contribution in [0.1, 0.15) is 103 Å². The molecule has 0 aromatic carbocycles. The number of thiophene rings is 4. The van der Waals surface area contributed by atoms with E-state index in [-0.39, 0.29) is 45.1 Å². The Labute approximate surface area is 436 Å². The maximum Gasteiger partial charge on any atom is 0.422 e. The number of imide groups is 4. The van der Waals surface area contributed by atoms with Gasteiger partial charge in [0.1, 0.15) is 22.4 Å². The van der Waals surface area contributed by atoms with E-state index in [4.69, 9.17) is 18.9 Å². The second kappa shape index (κ2) is 18.9. The first-order chi connectivity index (χ1) is 32.4. The summed E-state index contributed by atoms with van der Waals surface area (Å²) in [5.41, 5.74) is -3.28. The quantitative estimate of drug-likeness (QED) is 0.176. The molecular weight excluding hydrogens is 1110 g/mol. The molecule has 16 nitrogen and oxygen atoms in total. The molecule has 8 rings (SSSR count). The van der Waals surface area contributed by atoms with E-state index in [0.717, 1.165) is 27.2 Å². The lowest BCUT2D eigenvalue weighted by Crippen LogP contribution is -2.40. The number of carbonyl (C=O) groups excluding carboxylic acids is 8. The van der Waals surface area contributed by atoms with Gasteiger partial charge in [-0.3, -0.25) is 19.2 Å². The van der Waals surface area contributed by atoms with Gasteiger partial charge in [0.2, 0.25) is 0 Å². The molecule has 0 saturated heterocycles. The number of halogens is 2. The molecule has 4 aromatic rings. The average Bonchev–Trinajstić information content (AvgIpc) is 4.06. The van der Waals surface area contributed by atoms with Crippen molar-refractivity contribution in [2.75, 3.05) is 0 Å². The van der Waals surface area contributed by atoms with Crippen molar-refractivity contribution in [3.05, 3.63) is 109 Å². The standard InChI is InChI=1S/C24H22Br2N2O6S2.C24H24N2O6S2/c1-23(2,3)33-21(31)27-17(11-7-9-13(25)35-11)15-16(19(27)29)18(12-8-10-14(26)36-12)28(20(15)30)22(32)34-24(4,5)6;1-23(2,3)31-21(29)25-17(13-9-7-11-33-13)15-16(19(25)27)18(14-10-8-12-34-14)26(20(15)28)22(30)32-24(4,5)6/h7-10H,1-6H3;7-12H,1-6H3. The molecule has 22 heteroatoms. The highest BCUT2D eigenvalue weighted by Crippen LogP contribution is 2.51. The summed E-state index contributed by atoms with van der Waals surface area (Å²) in [4.78, 5) is 113. The van der Waals surface area contributed by atoms with E-state index in [1.54, 1.807) is 142 Å². The zero-order valence-corrected chi connectivity index (χ0v) is 46.3. The van der Waals surface area contributed by atoms with Crippen LogP contribution in [0, 0.1) is 0 Å². The summed E-state index contributed by atoms with van der Waals surface area (Å²) in [7, 11) is 0. The van der Waals surface area contributed by atoms with Crippen molar-refractivity contribution in [2.24, 2.45) is 0 Å². The van der Waals surface area contributed by atoms with Crippen molar-refractivity contribution in [3.8, 4) is 0 Å². The van der Waals surface area contributed by atoms with Crippen molar-refractivity contribution < 1.29 is 57.3 Å². The van der Waals surface area contributed by atoms with Crippen LogP contribution in [0.3, 0.4) is 0 Å². The Kier molecular flexibility index (Phi) is 14.1. The lowest BCUT2D eigenvalue weighted by molar-refractivity contribution is -0.123. The van der Waals surface area contributed by atoms with Crippen LogP contribution in [-0.4, -0.2) is 90.0 Å². The van der Waals surface area contributed by atoms with E-state index in [1.165, 1.54) is 45.3 Å². The summed E-state index contributed by atoms with van der Waals surface area (Å²) in [6.45, 7) is 20.3. The van der Waals surface area contributed by atoms with Gasteiger partial charge in [0.15, 0.2) is 0 Å². The van der Waals surface area contributed by atoms with Gasteiger partial charge in [-0.15, -0.1) is 45.3 Å². The Morgan fingerprint density at radius 3 is 0.829 bits per heavy atom. The Morgan fingerprint density at radius 2 is 0.643 bits per heavy atom. The summed E-state index contributed by atoms with van der Waals surface area (Å²) in [6, 6.07) is 13.8. The van der Waals surface area contributed by atoms with Gasteiger partial charge in [0.25, 0.3) is 23.6 Å². The highest BCUT2D eigenvalue weighted by atomic mass is 79.9. The lowest BCUT2D eigenvalue weighted by Gasteiger charge is -2.27. The van der Waals surface area contributed by atoms with Crippen LogP contribution >= 0.6 is 77.2 Å². The van der Waals surface area contributed by atoms with Gasteiger partial charge in [-0.25, -0.2) is 38.8 Å². The van der Waals surface area contributed by atoms with E-state index in [9.17, 15) is 38.4 Å². The maximum absolute atomic E-state index is 13.9. The van der Waals surface area contributed by atoms with Crippen molar-refractivity contribution in [3.63, 3.8) is 0 Å². The summed E-state index contributed by atoms with van der Waals surface area (Å²) in [6.07, 6.45) is -3.61. The van der Waals surface area contributed by atoms with Crippen molar-refractivity contribution >= 4 is 148 Å². The highest BCUT2D eigenvalue weighted by molar-refractivity contribution is 9.11. The predicted octanol–water partition coefficient (Wildman–Crippen LogP) is 12.5. The first kappa shape index (κ1) is 52.3. The number of fused-ring (bicyclic) bond motifs is 2. The third kappa shape index (κ3) is 10.4. The second-order valence-corrected chi connectivity index (χ2v) is 26.4. The minimum atomic E-state index is -0.912. The smallest absolute Gasteiger partial charge is 0.422 e. The van der Waals surface area contributed by atoms with Crippen LogP contribution in [-0.2, 0) is 38.1 Å². The number of hydrogen-bond acceptors (Lipinski definition) is 16. The van der Waals surface area contributed by atoms with Crippen molar-refractivity contribution in [1.82, 2.24) is 19.6 Å². The molecule has 0 saturated carbocycles. The molecule has 0 fully saturated rings. The Morgan fingerprint density at radius 1 is 0.400 bits per heavy atom. The Hall–Kier alpha value is -5.52. The SMILES string of the molecule is CC(C)(C)OC(=O)N1C(=O)C2=C(c3ccc(Br)s3)N(C(=O)OC(C)(C)C)C(=O)C2=C1c1ccc(Br)s1.CC(C)(C)OC(=O)N1C(=O)C2=C(c3cccs3)N(C(=O)OC(C)(C)C)C(=O)C2=C1c1cccs1. The number of rotatable bonds is 4. The molecular formula is C48H46Br2N4O12S4. The minimum Gasteiger partial charge on any atom is -0.443 e. The molecule has 8 heterocycles. The van der Waals surface area contributed by atoms with E-state index < -0.39 is 70.4 Å². The first-order valence-electron chi connectivity index (χ1n) is 21.3. The molecule has 4 aliphatic rings. The third-order valence-corrected chi connectivity index (χ3v) is 14.4. The van der Waals surface area contributed by atoms with Crippen LogP contribution < -0.4 is 0 Å². The van der Waals surface area contributed by atoms with Crippen LogP contribution in [0.2, 0.25) is 0 Å². The monoisotopic (exact) mass is 1160 g/mol. The normalized spacial score (nSPS) is 16.4. The molecule has 0 bridgehead atoms. The van der Waals surface area contributed by atoms with Crippen LogP contribution in [0.5, 0.6) is 0 Å². The van der Waals surface area contributed by atoms with Crippen molar-refractivity contribution in [1.29, 1.82) is 0 Å². The molecule has 0 aliphatic carbocycles. The summed E-state index contributed by atoms with van der Waals surface area (Å²) in [5, 5.41) is 3.54. The molecule has 0 radical (unpaired) electrons. The van der Waals surface area contributed by atoms with Gasteiger partial charge in [-0.1, -0.05) is 12.1 Å². The zero-order chi connectivity index (χ0) is 51.7. The molecule has 4 aromatic heterocycles. The van der Waals surface area contributed by atoms with Gasteiger partial charge in [-0.2, -0.15) is 0 Å². The number of ether oxygens (including phenoxy) is 4. The predicted molar refractivity (Wildman–Crippen MR) is 273 cm³/mol. The van der Waals surface area contributed by atoms with Gasteiger partial charge >= 0.3 is 24.4 Å². The number of hydrogen-bond donors (Lipinski definition) is 0. The zero-order valence-electron chi connectivity index (χ0n) is 39.9. The number of nitrogens with zero attached hydrogens (tertiary/aromatic N) is 4. The molecule has 0 atom stereocenters. The molecule has 0 unspecified atom stereocenters. The first-order valence-corrected chi connectivity index (χ1v) is 26.2. The third-order valence-electron chi connectivity index (χ3n) is 9.44. The van der Waals surface area contributed by atoms with Crippen LogP contribution in [0.4, 0.5) is 19.2 Å². The molecule has 4 aliphatic heterocycles. The molecule has 70 heavy (non-hydrogen) atoms. The fourth-order valence-electron chi connectivity index (χ4n) is 7.18. The molecule has 0 N–H and O–H groups in total. The molecule has 8 amide bonds. The van der Waals surface area contributed by atoms with Gasteiger partial charge in [-0.05, 0) is 162 Å². The van der Waals surface area contributed by atoms with Crippen LogP contribution in [0.25, 0.3) is 22.8 Å². The fourth-order valence-corrected chi connectivity index (χ4v) is 11.6. The van der Waals surface area contributed by atoms with E-state index in [2.05, 4.69) is 31.9 Å². The largest absolute Gasteiger partial charge is 0.443 e. The average molecular weight is 1160 g/mol. The Bertz CT molecular complexity index is 2820. The van der Waals surface area contributed by atoms with Gasteiger partial charge < -0.3 is 18.9 Å². The maximum atomic E-state index is 13.9. The van der Waals surface area contributed by atoms with Gasteiger partial charge in [0, 0.05) is 0 Å². The Balaban J connectivity index is 0.000000207. The molecule has 0 spiro atoms. The summed E-state index contributed by atoms with van der Waals surface area (Å²) >= 11 is 11.8. The number of carbonyl (C=O) groups is 8. The van der Waals surface area contributed by atoms with Crippen LogP contribution in [0.15, 0.2) is 89.2 Å².